The summed E-state index contributed by atoms with van der Waals surface area (Å²) in [7, 11) is 0. The first kappa shape index (κ1) is 17.2. The fraction of sp³-hybridized carbons (Fsp3) is 0.312. The van der Waals surface area contributed by atoms with Gasteiger partial charge in [0.1, 0.15) is 6.04 Å². The van der Waals surface area contributed by atoms with Crippen molar-refractivity contribution in [1.29, 1.82) is 0 Å². The molecule has 1 fully saturated rings. The summed E-state index contributed by atoms with van der Waals surface area (Å²) in [5.74, 6) is -0.510. The van der Waals surface area contributed by atoms with E-state index >= 15 is 0 Å². The second-order valence-electron chi connectivity index (χ2n) is 5.56. The van der Waals surface area contributed by atoms with Crippen LogP contribution in [0.2, 0.25) is 10.0 Å². The highest BCUT2D eigenvalue weighted by Gasteiger charge is 2.35. The number of anilines is 1. The van der Waals surface area contributed by atoms with Crippen LogP contribution in [-0.2, 0) is 4.79 Å². The van der Waals surface area contributed by atoms with E-state index in [4.69, 9.17) is 23.2 Å². The second-order valence-corrected chi connectivity index (χ2v) is 7.27. The van der Waals surface area contributed by atoms with E-state index in [2.05, 4.69) is 10.3 Å². The summed E-state index contributed by atoms with van der Waals surface area (Å²) >= 11 is 13.4. The number of hydrogen-bond acceptors (Lipinski definition) is 4. The van der Waals surface area contributed by atoms with Crippen molar-refractivity contribution in [3.63, 3.8) is 0 Å². The Morgan fingerprint density at radius 2 is 2.17 bits per heavy atom. The molecule has 2 heterocycles. The smallest absolute Gasteiger partial charge is 0.256 e. The standard InChI is InChI=1S/C16H15Cl2N3O2S/c1-9-8-24-16(19-9)20-14(22)13-3-2-6-21(13)15(23)11-7-10(17)4-5-12(11)18/h4-5,7-8,13H,2-3,6H2,1H3,(H,19,20,22)/t13-/m1/s1. The van der Waals surface area contributed by atoms with Crippen molar-refractivity contribution in [3.05, 3.63) is 44.9 Å². The van der Waals surface area contributed by atoms with Crippen LogP contribution in [0.15, 0.2) is 23.6 Å². The summed E-state index contributed by atoms with van der Waals surface area (Å²) in [5.41, 5.74) is 1.16. The molecular formula is C16H15Cl2N3O2S. The summed E-state index contributed by atoms with van der Waals surface area (Å²) in [6.07, 6.45) is 1.37. The largest absolute Gasteiger partial charge is 0.327 e. The molecule has 2 aromatic rings. The van der Waals surface area contributed by atoms with Crippen molar-refractivity contribution in [1.82, 2.24) is 9.88 Å². The highest BCUT2D eigenvalue weighted by molar-refractivity contribution is 7.13. The Kier molecular flexibility index (Phi) is 5.08. The van der Waals surface area contributed by atoms with E-state index < -0.39 is 6.04 Å². The minimum absolute atomic E-state index is 0.228. The number of nitrogens with zero attached hydrogens (tertiary/aromatic N) is 2. The van der Waals surface area contributed by atoms with Crippen LogP contribution >= 0.6 is 34.5 Å². The lowest BCUT2D eigenvalue weighted by Gasteiger charge is -2.24. The number of halogens is 2. The molecule has 8 heteroatoms. The third-order valence-corrected chi connectivity index (χ3v) is 5.26. The van der Waals surface area contributed by atoms with Crippen molar-refractivity contribution in [2.75, 3.05) is 11.9 Å². The van der Waals surface area contributed by atoms with Gasteiger partial charge < -0.3 is 10.2 Å². The molecule has 1 aliphatic heterocycles. The minimum Gasteiger partial charge on any atom is -0.327 e. The van der Waals surface area contributed by atoms with E-state index in [1.54, 1.807) is 17.0 Å². The van der Waals surface area contributed by atoms with Gasteiger partial charge in [-0.25, -0.2) is 4.98 Å². The average molecular weight is 384 g/mol. The first-order valence-corrected chi connectivity index (χ1v) is 9.08. The molecular weight excluding hydrogens is 369 g/mol. The normalized spacial score (nSPS) is 17.1. The molecule has 2 amide bonds. The highest BCUT2D eigenvalue weighted by atomic mass is 35.5. The van der Waals surface area contributed by atoms with Crippen LogP contribution in [0.3, 0.4) is 0 Å². The van der Waals surface area contributed by atoms with E-state index in [1.165, 1.54) is 17.4 Å². The molecule has 0 unspecified atom stereocenters. The molecule has 0 spiro atoms. The van der Waals surface area contributed by atoms with Crippen LogP contribution in [0.5, 0.6) is 0 Å². The van der Waals surface area contributed by atoms with Gasteiger partial charge in [-0.1, -0.05) is 23.2 Å². The maximum absolute atomic E-state index is 12.8. The van der Waals surface area contributed by atoms with Crippen LogP contribution in [0.4, 0.5) is 5.13 Å². The molecule has 0 aliphatic carbocycles. The molecule has 24 heavy (non-hydrogen) atoms. The number of hydrogen-bond donors (Lipinski definition) is 1. The van der Waals surface area contributed by atoms with E-state index in [0.717, 1.165) is 12.1 Å². The van der Waals surface area contributed by atoms with E-state index in [0.29, 0.717) is 33.7 Å². The number of aromatic nitrogens is 1. The summed E-state index contributed by atoms with van der Waals surface area (Å²) in [4.78, 5) is 31.1. The summed E-state index contributed by atoms with van der Waals surface area (Å²) < 4.78 is 0. The molecule has 1 atom stereocenters. The van der Waals surface area contributed by atoms with Gasteiger partial charge in [0.25, 0.3) is 5.91 Å². The third kappa shape index (κ3) is 3.55. The summed E-state index contributed by atoms with van der Waals surface area (Å²) in [6, 6.07) is 4.21. The monoisotopic (exact) mass is 383 g/mol. The molecule has 1 aliphatic rings. The number of nitrogens with one attached hydrogen (secondary N) is 1. The Balaban J connectivity index is 1.78. The molecule has 0 bridgehead atoms. The van der Waals surface area contributed by atoms with Gasteiger partial charge in [-0.2, -0.15) is 0 Å². The van der Waals surface area contributed by atoms with E-state index in [-0.39, 0.29) is 11.8 Å². The van der Waals surface area contributed by atoms with Gasteiger partial charge in [-0.05, 0) is 38.0 Å². The predicted molar refractivity (Wildman–Crippen MR) is 96.0 cm³/mol. The predicted octanol–water partition coefficient (Wildman–Crippen LogP) is 4.00. The Morgan fingerprint density at radius 3 is 2.88 bits per heavy atom. The lowest BCUT2D eigenvalue weighted by molar-refractivity contribution is -0.119. The Hall–Kier alpha value is -1.63. The highest BCUT2D eigenvalue weighted by Crippen LogP contribution is 2.27. The van der Waals surface area contributed by atoms with Crippen molar-refractivity contribution in [2.24, 2.45) is 0 Å². The van der Waals surface area contributed by atoms with Gasteiger partial charge in [0.15, 0.2) is 5.13 Å². The quantitative estimate of drug-likeness (QED) is 0.870. The topological polar surface area (TPSA) is 62.3 Å². The van der Waals surface area contributed by atoms with Gasteiger partial charge in [0, 0.05) is 16.9 Å². The van der Waals surface area contributed by atoms with Gasteiger partial charge in [0.2, 0.25) is 5.91 Å². The number of likely N-dealkylation sites (tertiary alicyclic amines) is 1. The van der Waals surface area contributed by atoms with Gasteiger partial charge in [-0.15, -0.1) is 11.3 Å². The first-order valence-electron chi connectivity index (χ1n) is 7.44. The van der Waals surface area contributed by atoms with Gasteiger partial charge in [0.05, 0.1) is 16.3 Å². The molecule has 1 saturated heterocycles. The molecule has 1 aromatic carbocycles. The number of aryl methyl sites for hydroxylation is 1. The molecule has 126 valence electrons. The van der Waals surface area contributed by atoms with Crippen molar-refractivity contribution >= 4 is 51.5 Å². The van der Waals surface area contributed by atoms with Gasteiger partial charge >= 0.3 is 0 Å². The van der Waals surface area contributed by atoms with Gasteiger partial charge in [-0.3, -0.25) is 9.59 Å². The molecule has 1 N–H and O–H groups in total. The molecule has 5 nitrogen and oxygen atoms in total. The van der Waals surface area contributed by atoms with Crippen LogP contribution < -0.4 is 5.32 Å². The Bertz CT molecular complexity index is 793. The van der Waals surface area contributed by atoms with Crippen molar-refractivity contribution < 1.29 is 9.59 Å². The zero-order chi connectivity index (χ0) is 17.3. The van der Waals surface area contributed by atoms with Crippen molar-refractivity contribution in [3.8, 4) is 0 Å². The average Bonchev–Trinajstić information content (AvgIpc) is 3.18. The SMILES string of the molecule is Cc1csc(NC(=O)[C@H]2CCCN2C(=O)c2cc(Cl)ccc2Cl)n1. The zero-order valence-corrected chi connectivity index (χ0v) is 15.2. The lowest BCUT2D eigenvalue weighted by Crippen LogP contribution is -2.43. The van der Waals surface area contributed by atoms with Crippen molar-refractivity contribution in [2.45, 2.75) is 25.8 Å². The number of carbonyl (C=O) groups excluding carboxylic acids is 2. The summed E-state index contributed by atoms with van der Waals surface area (Å²) in [5, 5.41) is 5.94. The number of carbonyl (C=O) groups is 2. The van der Waals surface area contributed by atoms with Crippen LogP contribution in [0.1, 0.15) is 28.9 Å². The second kappa shape index (κ2) is 7.09. The first-order chi connectivity index (χ1) is 11.5. The van der Waals surface area contributed by atoms with Crippen LogP contribution in [0.25, 0.3) is 0 Å². The molecule has 0 saturated carbocycles. The number of thiazole rings is 1. The molecule has 0 radical (unpaired) electrons. The maximum atomic E-state index is 12.8. The van der Waals surface area contributed by atoms with Crippen LogP contribution in [0, 0.1) is 6.92 Å². The molecule has 3 rings (SSSR count). The lowest BCUT2D eigenvalue weighted by atomic mass is 10.1. The molecule has 1 aromatic heterocycles. The summed E-state index contributed by atoms with van der Waals surface area (Å²) in [6.45, 7) is 2.37. The van der Waals surface area contributed by atoms with E-state index in [9.17, 15) is 9.59 Å². The number of benzene rings is 1. The minimum atomic E-state index is -0.531. The van der Waals surface area contributed by atoms with E-state index in [1.807, 2.05) is 12.3 Å². The van der Waals surface area contributed by atoms with Crippen LogP contribution in [-0.4, -0.2) is 34.3 Å². The number of amides is 2. The zero-order valence-electron chi connectivity index (χ0n) is 12.9. The fourth-order valence-corrected chi connectivity index (χ4v) is 3.76. The Labute approximate surface area is 153 Å². The Morgan fingerprint density at radius 1 is 1.38 bits per heavy atom. The third-order valence-electron chi connectivity index (χ3n) is 3.82. The number of rotatable bonds is 3. The maximum Gasteiger partial charge on any atom is 0.256 e. The fourth-order valence-electron chi connectivity index (χ4n) is 2.70.